The quantitative estimate of drug-likeness (QED) is 0.818. The Morgan fingerprint density at radius 1 is 1.15 bits per heavy atom. The zero-order valence-electron chi connectivity index (χ0n) is 13.6. The fourth-order valence-corrected chi connectivity index (χ4v) is 2.54. The van der Waals surface area contributed by atoms with Crippen LogP contribution in [0, 0.1) is 5.82 Å². The van der Waals surface area contributed by atoms with E-state index in [2.05, 4.69) is 33.0 Å². The van der Waals surface area contributed by atoms with E-state index in [0.29, 0.717) is 6.04 Å². The van der Waals surface area contributed by atoms with E-state index in [1.807, 2.05) is 19.2 Å². The Kier molecular flexibility index (Phi) is 5.72. The maximum absolute atomic E-state index is 13.1. The van der Waals surface area contributed by atoms with Crippen molar-refractivity contribution >= 4 is 0 Å². The molecule has 0 aliphatic heterocycles. The Hall–Kier alpha value is -0.930. The molecule has 2 nitrogen and oxygen atoms in total. The standard InChI is InChI=1S/C17H28FNO/c1-16(2,20-6)12-11-15(19-5)17(3,4)13-7-9-14(18)10-8-13/h7-10,15,19H,11-12H2,1-6H3. The highest BCUT2D eigenvalue weighted by atomic mass is 19.1. The number of ether oxygens (including phenoxy) is 1. The minimum atomic E-state index is -0.189. The second-order valence-electron chi connectivity index (χ2n) is 6.57. The molecule has 1 rings (SSSR count). The molecular formula is C17H28FNO. The van der Waals surface area contributed by atoms with E-state index in [4.69, 9.17) is 4.74 Å². The van der Waals surface area contributed by atoms with Crippen LogP contribution in [0.5, 0.6) is 0 Å². The van der Waals surface area contributed by atoms with Crippen LogP contribution in [0.25, 0.3) is 0 Å². The van der Waals surface area contributed by atoms with Crippen LogP contribution in [0.1, 0.15) is 46.1 Å². The predicted octanol–water partition coefficient (Wildman–Crippen LogP) is 3.90. The fourth-order valence-electron chi connectivity index (χ4n) is 2.54. The van der Waals surface area contributed by atoms with E-state index in [0.717, 1.165) is 18.4 Å². The number of hydrogen-bond donors (Lipinski definition) is 1. The molecule has 0 amide bonds. The van der Waals surface area contributed by atoms with Gasteiger partial charge in [-0.3, -0.25) is 0 Å². The monoisotopic (exact) mass is 281 g/mol. The summed E-state index contributed by atoms with van der Waals surface area (Å²) >= 11 is 0. The van der Waals surface area contributed by atoms with E-state index < -0.39 is 0 Å². The lowest BCUT2D eigenvalue weighted by Gasteiger charge is -2.36. The molecule has 20 heavy (non-hydrogen) atoms. The third-order valence-electron chi connectivity index (χ3n) is 4.40. The molecule has 0 aliphatic carbocycles. The van der Waals surface area contributed by atoms with Gasteiger partial charge in [0.25, 0.3) is 0 Å². The molecule has 1 aromatic rings. The highest BCUT2D eigenvalue weighted by Crippen LogP contribution is 2.31. The Bertz CT molecular complexity index is 412. The van der Waals surface area contributed by atoms with Crippen molar-refractivity contribution in [2.75, 3.05) is 14.2 Å². The number of rotatable bonds is 7. The summed E-state index contributed by atoms with van der Waals surface area (Å²) in [5, 5.41) is 3.40. The van der Waals surface area contributed by atoms with Gasteiger partial charge in [-0.05, 0) is 51.4 Å². The van der Waals surface area contributed by atoms with Crippen molar-refractivity contribution in [3.63, 3.8) is 0 Å². The van der Waals surface area contributed by atoms with Gasteiger partial charge < -0.3 is 10.1 Å². The molecule has 0 saturated heterocycles. The normalized spacial score (nSPS) is 14.3. The number of likely N-dealkylation sites (N-methyl/N-ethyl adjacent to an activating group) is 1. The smallest absolute Gasteiger partial charge is 0.123 e. The van der Waals surface area contributed by atoms with Crippen molar-refractivity contribution in [1.82, 2.24) is 5.32 Å². The average molecular weight is 281 g/mol. The predicted molar refractivity (Wildman–Crippen MR) is 82.6 cm³/mol. The molecule has 3 heteroatoms. The molecule has 1 N–H and O–H groups in total. The molecule has 0 aromatic heterocycles. The van der Waals surface area contributed by atoms with Crippen LogP contribution >= 0.6 is 0 Å². The molecule has 1 unspecified atom stereocenters. The summed E-state index contributed by atoms with van der Waals surface area (Å²) < 4.78 is 18.6. The third kappa shape index (κ3) is 4.29. The van der Waals surface area contributed by atoms with E-state index in [-0.39, 0.29) is 16.8 Å². The maximum atomic E-state index is 13.1. The van der Waals surface area contributed by atoms with Crippen LogP contribution in [0.15, 0.2) is 24.3 Å². The first-order valence-corrected chi connectivity index (χ1v) is 7.21. The van der Waals surface area contributed by atoms with Gasteiger partial charge in [-0.15, -0.1) is 0 Å². The van der Waals surface area contributed by atoms with Gasteiger partial charge in [0.05, 0.1) is 5.60 Å². The molecule has 0 radical (unpaired) electrons. The largest absolute Gasteiger partial charge is 0.379 e. The molecule has 0 fully saturated rings. The highest BCUT2D eigenvalue weighted by Gasteiger charge is 2.31. The summed E-state index contributed by atoms with van der Waals surface area (Å²) in [5.41, 5.74) is 0.966. The number of hydrogen-bond acceptors (Lipinski definition) is 2. The van der Waals surface area contributed by atoms with Gasteiger partial charge in [0.2, 0.25) is 0 Å². The van der Waals surface area contributed by atoms with Gasteiger partial charge in [-0.1, -0.05) is 26.0 Å². The summed E-state index contributed by atoms with van der Waals surface area (Å²) in [6.07, 6.45) is 1.97. The van der Waals surface area contributed by atoms with Crippen molar-refractivity contribution < 1.29 is 9.13 Å². The average Bonchev–Trinajstić information content (AvgIpc) is 2.39. The zero-order chi connectivity index (χ0) is 15.4. The lowest BCUT2D eigenvalue weighted by Crippen LogP contribution is -2.44. The zero-order valence-corrected chi connectivity index (χ0v) is 13.6. The van der Waals surface area contributed by atoms with Crippen LogP contribution in [0.4, 0.5) is 4.39 Å². The van der Waals surface area contributed by atoms with Crippen molar-refractivity contribution in [2.24, 2.45) is 0 Å². The minimum absolute atomic E-state index is 0.0632. The van der Waals surface area contributed by atoms with Crippen LogP contribution in [-0.4, -0.2) is 25.8 Å². The number of benzene rings is 1. The summed E-state index contributed by atoms with van der Waals surface area (Å²) in [5.74, 6) is -0.189. The van der Waals surface area contributed by atoms with Crippen molar-refractivity contribution in [1.29, 1.82) is 0 Å². The maximum Gasteiger partial charge on any atom is 0.123 e. The number of nitrogens with one attached hydrogen (secondary N) is 1. The van der Waals surface area contributed by atoms with Crippen molar-refractivity contribution in [3.05, 3.63) is 35.6 Å². The number of methoxy groups -OCH3 is 1. The van der Waals surface area contributed by atoms with Gasteiger partial charge in [0.1, 0.15) is 5.82 Å². The van der Waals surface area contributed by atoms with Gasteiger partial charge in [0, 0.05) is 18.6 Å². The van der Waals surface area contributed by atoms with Crippen LogP contribution in [0.2, 0.25) is 0 Å². The molecule has 1 aromatic carbocycles. The Balaban J connectivity index is 2.84. The summed E-state index contributed by atoms with van der Waals surface area (Å²) in [6, 6.07) is 7.12. The topological polar surface area (TPSA) is 21.3 Å². The second-order valence-corrected chi connectivity index (χ2v) is 6.57. The second kappa shape index (κ2) is 6.68. The molecule has 0 spiro atoms. The summed E-state index contributed by atoms with van der Waals surface area (Å²) in [6.45, 7) is 8.59. The van der Waals surface area contributed by atoms with Crippen LogP contribution < -0.4 is 5.32 Å². The molecule has 114 valence electrons. The molecular weight excluding hydrogens is 253 g/mol. The molecule has 1 atom stereocenters. The van der Waals surface area contributed by atoms with E-state index >= 15 is 0 Å². The first-order valence-electron chi connectivity index (χ1n) is 7.21. The van der Waals surface area contributed by atoms with Gasteiger partial charge in [0.15, 0.2) is 0 Å². The first kappa shape index (κ1) is 17.1. The number of halogens is 1. The Morgan fingerprint density at radius 3 is 2.15 bits per heavy atom. The van der Waals surface area contributed by atoms with Gasteiger partial charge >= 0.3 is 0 Å². The SMILES string of the molecule is CNC(CCC(C)(C)OC)C(C)(C)c1ccc(F)cc1. The van der Waals surface area contributed by atoms with E-state index in [9.17, 15) is 4.39 Å². The molecule has 0 aliphatic rings. The van der Waals surface area contributed by atoms with Gasteiger partial charge in [-0.2, -0.15) is 0 Å². The minimum Gasteiger partial charge on any atom is -0.379 e. The highest BCUT2D eigenvalue weighted by molar-refractivity contribution is 5.26. The molecule has 0 bridgehead atoms. The van der Waals surface area contributed by atoms with Gasteiger partial charge in [-0.25, -0.2) is 4.39 Å². The molecule has 0 heterocycles. The Labute approximate surface area is 122 Å². The first-order chi connectivity index (χ1) is 9.23. The fraction of sp³-hybridized carbons (Fsp3) is 0.647. The summed E-state index contributed by atoms with van der Waals surface area (Å²) in [7, 11) is 3.73. The van der Waals surface area contributed by atoms with Crippen molar-refractivity contribution in [2.45, 2.75) is 57.6 Å². The van der Waals surface area contributed by atoms with Crippen LogP contribution in [0.3, 0.4) is 0 Å². The van der Waals surface area contributed by atoms with E-state index in [1.54, 1.807) is 7.11 Å². The van der Waals surface area contributed by atoms with Crippen LogP contribution in [-0.2, 0) is 10.2 Å². The van der Waals surface area contributed by atoms with E-state index in [1.165, 1.54) is 12.1 Å². The lowest BCUT2D eigenvalue weighted by atomic mass is 9.75. The van der Waals surface area contributed by atoms with Crippen molar-refractivity contribution in [3.8, 4) is 0 Å². The molecule has 0 saturated carbocycles. The Morgan fingerprint density at radius 2 is 1.70 bits per heavy atom. The third-order valence-corrected chi connectivity index (χ3v) is 4.40. The summed E-state index contributed by atoms with van der Waals surface area (Å²) in [4.78, 5) is 0. The lowest BCUT2D eigenvalue weighted by molar-refractivity contribution is 0.0101.